The van der Waals surface area contributed by atoms with E-state index in [0.29, 0.717) is 23.8 Å². The van der Waals surface area contributed by atoms with Gasteiger partial charge in [-0.15, -0.1) is 0 Å². The van der Waals surface area contributed by atoms with Gasteiger partial charge in [-0.05, 0) is 6.92 Å². The summed E-state index contributed by atoms with van der Waals surface area (Å²) < 4.78 is 6.78. The van der Waals surface area contributed by atoms with Crippen LogP contribution in [0.1, 0.15) is 12.2 Å². The fourth-order valence-electron chi connectivity index (χ4n) is 1.36. The number of rotatable bonds is 5. The first kappa shape index (κ1) is 12.7. The van der Waals surface area contributed by atoms with Crippen molar-refractivity contribution in [2.24, 2.45) is 7.05 Å². The largest absolute Gasteiger partial charge is 0.360 e. The van der Waals surface area contributed by atoms with E-state index >= 15 is 0 Å². The second kappa shape index (κ2) is 5.72. The van der Waals surface area contributed by atoms with Crippen molar-refractivity contribution >= 4 is 23.5 Å². The fourth-order valence-corrected chi connectivity index (χ4v) is 2.23. The van der Waals surface area contributed by atoms with Crippen LogP contribution in [-0.4, -0.2) is 26.4 Å². The van der Waals surface area contributed by atoms with E-state index in [9.17, 15) is 4.79 Å². The molecule has 2 heterocycles. The van der Waals surface area contributed by atoms with E-state index in [4.69, 9.17) is 4.52 Å². The molecule has 0 aromatic carbocycles. The maximum Gasteiger partial charge on any atom is 0.226 e. The molecule has 0 spiro atoms. The van der Waals surface area contributed by atoms with Gasteiger partial charge in [0.2, 0.25) is 5.91 Å². The zero-order chi connectivity index (χ0) is 13.0. The van der Waals surface area contributed by atoms with Crippen LogP contribution in [0.25, 0.3) is 0 Å². The van der Waals surface area contributed by atoms with Crippen LogP contribution in [0.3, 0.4) is 0 Å². The molecule has 6 nitrogen and oxygen atoms in total. The smallest absolute Gasteiger partial charge is 0.226 e. The summed E-state index contributed by atoms with van der Waals surface area (Å²) in [6, 6.07) is 1.68. The van der Waals surface area contributed by atoms with Gasteiger partial charge in [0.25, 0.3) is 0 Å². The number of anilines is 1. The van der Waals surface area contributed by atoms with Crippen molar-refractivity contribution in [2.45, 2.75) is 18.5 Å². The second-order valence-electron chi connectivity index (χ2n) is 3.79. The molecule has 7 heteroatoms. The highest BCUT2D eigenvalue weighted by molar-refractivity contribution is 7.99. The summed E-state index contributed by atoms with van der Waals surface area (Å²) in [6.07, 6.45) is 4.02. The van der Waals surface area contributed by atoms with Crippen molar-refractivity contribution in [3.63, 3.8) is 0 Å². The lowest BCUT2D eigenvalue weighted by Crippen LogP contribution is -2.12. The SMILES string of the molecule is Cc1cc(NC(=O)CCSc2nccn2C)no1. The Balaban J connectivity index is 1.74. The Morgan fingerprint density at radius 3 is 3.06 bits per heavy atom. The highest BCUT2D eigenvalue weighted by Crippen LogP contribution is 2.15. The van der Waals surface area contributed by atoms with Gasteiger partial charge >= 0.3 is 0 Å². The molecule has 1 amide bonds. The monoisotopic (exact) mass is 266 g/mol. The number of hydrogen-bond donors (Lipinski definition) is 1. The summed E-state index contributed by atoms with van der Waals surface area (Å²) in [5.74, 6) is 1.73. The minimum Gasteiger partial charge on any atom is -0.360 e. The van der Waals surface area contributed by atoms with E-state index in [1.165, 1.54) is 0 Å². The Kier molecular flexibility index (Phi) is 4.03. The third-order valence-corrected chi connectivity index (χ3v) is 3.29. The quantitative estimate of drug-likeness (QED) is 0.836. The van der Waals surface area contributed by atoms with Gasteiger partial charge in [-0.1, -0.05) is 16.9 Å². The maximum atomic E-state index is 11.6. The third kappa shape index (κ3) is 3.36. The predicted molar refractivity (Wildman–Crippen MR) is 68.4 cm³/mol. The summed E-state index contributed by atoms with van der Waals surface area (Å²) in [5, 5.41) is 7.27. The number of carbonyl (C=O) groups excluding carboxylic acids is 1. The summed E-state index contributed by atoms with van der Waals surface area (Å²) in [5.41, 5.74) is 0. The highest BCUT2D eigenvalue weighted by atomic mass is 32.2. The summed E-state index contributed by atoms with van der Waals surface area (Å²) >= 11 is 1.54. The average Bonchev–Trinajstić information content (AvgIpc) is 2.89. The number of carbonyl (C=O) groups is 1. The van der Waals surface area contributed by atoms with Gasteiger partial charge in [-0.3, -0.25) is 4.79 Å². The number of nitrogens with zero attached hydrogens (tertiary/aromatic N) is 3. The maximum absolute atomic E-state index is 11.6. The third-order valence-electron chi connectivity index (χ3n) is 2.23. The van der Waals surface area contributed by atoms with Crippen molar-refractivity contribution in [3.05, 3.63) is 24.2 Å². The Morgan fingerprint density at radius 2 is 2.44 bits per heavy atom. The summed E-state index contributed by atoms with van der Waals surface area (Å²) in [4.78, 5) is 15.8. The first-order valence-electron chi connectivity index (χ1n) is 5.48. The van der Waals surface area contributed by atoms with Crippen LogP contribution in [0.15, 0.2) is 28.1 Å². The summed E-state index contributed by atoms with van der Waals surface area (Å²) in [6.45, 7) is 1.78. The molecule has 0 radical (unpaired) electrons. The standard InChI is InChI=1S/C11H14N4O2S/c1-8-7-9(14-17-8)13-10(16)3-6-18-11-12-4-5-15(11)2/h4-5,7H,3,6H2,1-2H3,(H,13,14,16). The van der Waals surface area contributed by atoms with E-state index in [2.05, 4.69) is 15.5 Å². The normalized spacial score (nSPS) is 10.6. The lowest BCUT2D eigenvalue weighted by Gasteiger charge is -2.02. The number of amides is 1. The second-order valence-corrected chi connectivity index (χ2v) is 4.85. The topological polar surface area (TPSA) is 73.0 Å². The Morgan fingerprint density at radius 1 is 1.61 bits per heavy atom. The molecule has 0 aliphatic rings. The van der Waals surface area contributed by atoms with Gasteiger partial charge in [0.05, 0.1) is 0 Å². The minimum atomic E-state index is -0.0787. The van der Waals surface area contributed by atoms with Crippen molar-refractivity contribution in [1.29, 1.82) is 0 Å². The Labute approximate surface area is 109 Å². The van der Waals surface area contributed by atoms with E-state index in [-0.39, 0.29) is 5.91 Å². The van der Waals surface area contributed by atoms with Crippen LogP contribution in [0, 0.1) is 6.92 Å². The molecule has 0 atom stereocenters. The number of nitrogens with one attached hydrogen (secondary N) is 1. The molecular formula is C11H14N4O2S. The molecule has 2 aromatic heterocycles. The number of thioether (sulfide) groups is 1. The lowest BCUT2D eigenvalue weighted by atomic mass is 10.4. The van der Waals surface area contributed by atoms with Gasteiger partial charge in [-0.25, -0.2) is 4.98 Å². The lowest BCUT2D eigenvalue weighted by molar-refractivity contribution is -0.115. The molecule has 18 heavy (non-hydrogen) atoms. The van der Waals surface area contributed by atoms with Gasteiger partial charge < -0.3 is 14.4 Å². The Hall–Kier alpha value is -1.76. The molecule has 0 saturated heterocycles. The van der Waals surface area contributed by atoms with Crippen molar-refractivity contribution < 1.29 is 9.32 Å². The molecule has 96 valence electrons. The fraction of sp³-hybridized carbons (Fsp3) is 0.364. The number of hydrogen-bond acceptors (Lipinski definition) is 5. The van der Waals surface area contributed by atoms with Crippen LogP contribution < -0.4 is 5.32 Å². The van der Waals surface area contributed by atoms with E-state index < -0.39 is 0 Å². The zero-order valence-electron chi connectivity index (χ0n) is 10.2. The highest BCUT2D eigenvalue weighted by Gasteiger charge is 2.07. The van der Waals surface area contributed by atoms with E-state index in [0.717, 1.165) is 5.16 Å². The molecule has 0 unspecified atom stereocenters. The first-order valence-corrected chi connectivity index (χ1v) is 6.47. The molecule has 2 rings (SSSR count). The number of aryl methyl sites for hydroxylation is 2. The average molecular weight is 266 g/mol. The van der Waals surface area contributed by atoms with Crippen LogP contribution in [0.4, 0.5) is 5.82 Å². The molecule has 0 fully saturated rings. The molecule has 0 aliphatic heterocycles. The number of aromatic nitrogens is 3. The van der Waals surface area contributed by atoms with E-state index in [1.54, 1.807) is 30.9 Å². The number of imidazole rings is 1. The zero-order valence-corrected chi connectivity index (χ0v) is 11.0. The molecule has 0 saturated carbocycles. The van der Waals surface area contributed by atoms with Crippen LogP contribution in [0.5, 0.6) is 0 Å². The Bertz CT molecular complexity index is 535. The van der Waals surface area contributed by atoms with Gasteiger partial charge in [-0.2, -0.15) is 0 Å². The molecule has 1 N–H and O–H groups in total. The van der Waals surface area contributed by atoms with Crippen LogP contribution in [-0.2, 0) is 11.8 Å². The van der Waals surface area contributed by atoms with Crippen LogP contribution in [0.2, 0.25) is 0 Å². The van der Waals surface area contributed by atoms with Gasteiger partial charge in [0.1, 0.15) is 5.76 Å². The minimum absolute atomic E-state index is 0.0787. The predicted octanol–water partition coefficient (Wildman–Crippen LogP) is 1.84. The molecular weight excluding hydrogens is 252 g/mol. The molecule has 0 aliphatic carbocycles. The van der Waals surface area contributed by atoms with Gasteiger partial charge in [0.15, 0.2) is 11.0 Å². The van der Waals surface area contributed by atoms with E-state index in [1.807, 2.05) is 17.8 Å². The van der Waals surface area contributed by atoms with Crippen molar-refractivity contribution in [1.82, 2.24) is 14.7 Å². The molecule has 0 bridgehead atoms. The van der Waals surface area contributed by atoms with Crippen molar-refractivity contribution in [2.75, 3.05) is 11.1 Å². The molecule has 2 aromatic rings. The van der Waals surface area contributed by atoms with Crippen LogP contribution >= 0.6 is 11.8 Å². The first-order chi connectivity index (χ1) is 8.65. The summed E-state index contributed by atoms with van der Waals surface area (Å²) in [7, 11) is 1.92. The van der Waals surface area contributed by atoms with Crippen molar-refractivity contribution in [3.8, 4) is 0 Å². The van der Waals surface area contributed by atoms with Gasteiger partial charge in [0, 0.05) is 37.7 Å².